The number of sulfone groups is 1. The Morgan fingerprint density at radius 2 is 2.00 bits per heavy atom. The summed E-state index contributed by atoms with van der Waals surface area (Å²) in [4.78, 5) is 0. The summed E-state index contributed by atoms with van der Waals surface area (Å²) in [6.07, 6.45) is 1.07. The lowest BCUT2D eigenvalue weighted by Gasteiger charge is -2.22. The smallest absolute Gasteiger partial charge is 0.157 e. The molecule has 0 radical (unpaired) electrons. The van der Waals surface area contributed by atoms with Crippen molar-refractivity contribution in [1.82, 2.24) is 0 Å². The van der Waals surface area contributed by atoms with Crippen molar-refractivity contribution in [2.24, 2.45) is 5.73 Å². The molecule has 0 saturated carbocycles. The second-order valence-electron chi connectivity index (χ2n) is 4.75. The monoisotopic (exact) mass is 287 g/mol. The zero-order valence-corrected chi connectivity index (χ0v) is 11.5. The van der Waals surface area contributed by atoms with Gasteiger partial charge in [-0.15, -0.1) is 0 Å². The number of halogens is 1. The zero-order valence-electron chi connectivity index (χ0n) is 10.6. The fourth-order valence-corrected chi connectivity index (χ4v) is 4.05. The highest BCUT2D eigenvalue weighted by Crippen LogP contribution is 2.21. The minimum absolute atomic E-state index is 0.0645. The normalized spacial score (nSPS) is 17.6. The number of benzene rings is 1. The molecule has 0 atom stereocenters. The zero-order chi connectivity index (χ0) is 13.9. The fourth-order valence-electron chi connectivity index (χ4n) is 2.26. The van der Waals surface area contributed by atoms with Crippen molar-refractivity contribution in [1.29, 1.82) is 0 Å². The third-order valence-corrected chi connectivity index (χ3v) is 5.60. The lowest BCUT2D eigenvalue weighted by atomic mass is 10.1. The highest BCUT2D eigenvalue weighted by Gasteiger charge is 2.27. The highest BCUT2D eigenvalue weighted by atomic mass is 32.2. The van der Waals surface area contributed by atoms with Crippen LogP contribution in [0.3, 0.4) is 0 Å². The van der Waals surface area contributed by atoms with E-state index in [9.17, 15) is 12.8 Å². The van der Waals surface area contributed by atoms with E-state index in [4.69, 9.17) is 10.5 Å². The molecule has 1 aromatic carbocycles. The van der Waals surface area contributed by atoms with Crippen molar-refractivity contribution in [3.05, 3.63) is 35.1 Å². The van der Waals surface area contributed by atoms with Crippen LogP contribution in [0.2, 0.25) is 0 Å². The van der Waals surface area contributed by atoms with Gasteiger partial charge in [-0.2, -0.15) is 0 Å². The average molecular weight is 287 g/mol. The Morgan fingerprint density at radius 1 is 1.32 bits per heavy atom. The molecular weight excluding hydrogens is 269 g/mol. The maximum atomic E-state index is 13.3. The van der Waals surface area contributed by atoms with Gasteiger partial charge in [-0.05, 0) is 24.5 Å². The van der Waals surface area contributed by atoms with Gasteiger partial charge in [0.1, 0.15) is 5.82 Å². The van der Waals surface area contributed by atoms with E-state index in [1.807, 2.05) is 0 Å². The first kappa shape index (κ1) is 14.4. The van der Waals surface area contributed by atoms with Gasteiger partial charge in [0.2, 0.25) is 0 Å². The molecule has 1 aromatic rings. The Hall–Kier alpha value is -0.980. The van der Waals surface area contributed by atoms with E-state index in [1.54, 1.807) is 0 Å². The summed E-state index contributed by atoms with van der Waals surface area (Å²) in [7, 11) is -3.22. The molecule has 1 heterocycles. The van der Waals surface area contributed by atoms with Crippen LogP contribution in [0.15, 0.2) is 18.2 Å². The predicted octanol–water partition coefficient (Wildman–Crippen LogP) is 1.38. The maximum Gasteiger partial charge on any atom is 0.157 e. The highest BCUT2D eigenvalue weighted by molar-refractivity contribution is 7.91. The first-order valence-electron chi connectivity index (χ1n) is 6.29. The molecule has 1 fully saturated rings. The topological polar surface area (TPSA) is 69.4 Å². The summed E-state index contributed by atoms with van der Waals surface area (Å²) >= 11 is 0. The van der Waals surface area contributed by atoms with Gasteiger partial charge in [-0.25, -0.2) is 12.8 Å². The Labute approximate surface area is 112 Å². The van der Waals surface area contributed by atoms with Crippen molar-refractivity contribution in [2.75, 3.05) is 13.2 Å². The summed E-state index contributed by atoms with van der Waals surface area (Å²) < 4.78 is 43.0. The molecule has 1 saturated heterocycles. The van der Waals surface area contributed by atoms with Gasteiger partial charge in [-0.1, -0.05) is 12.1 Å². The Kier molecular flexibility index (Phi) is 4.54. The number of nitrogens with two attached hydrogens (primary N) is 1. The number of hydrogen-bond donors (Lipinski definition) is 1. The van der Waals surface area contributed by atoms with Crippen molar-refractivity contribution in [2.45, 2.75) is 30.4 Å². The van der Waals surface area contributed by atoms with Crippen LogP contribution in [0.1, 0.15) is 24.0 Å². The Bertz CT molecular complexity index is 539. The number of hydrogen-bond acceptors (Lipinski definition) is 4. The number of rotatable bonds is 4. The van der Waals surface area contributed by atoms with Crippen LogP contribution < -0.4 is 5.73 Å². The first-order valence-corrected chi connectivity index (χ1v) is 8.01. The summed E-state index contributed by atoms with van der Waals surface area (Å²) in [6.45, 7) is 1.04. The molecule has 1 aliphatic rings. The molecule has 0 amide bonds. The summed E-state index contributed by atoms with van der Waals surface area (Å²) in [5.74, 6) is -0.458. The SMILES string of the molecule is NCc1cc(CS(=O)(=O)C2CCOCC2)ccc1F. The summed E-state index contributed by atoms with van der Waals surface area (Å²) in [6, 6.07) is 4.31. The van der Waals surface area contributed by atoms with E-state index in [0.29, 0.717) is 37.2 Å². The molecule has 0 unspecified atom stereocenters. The molecule has 2 rings (SSSR count). The Morgan fingerprint density at radius 3 is 2.63 bits per heavy atom. The second kappa shape index (κ2) is 5.98. The molecule has 2 N–H and O–H groups in total. The van der Waals surface area contributed by atoms with Crippen molar-refractivity contribution >= 4 is 9.84 Å². The van der Waals surface area contributed by atoms with E-state index < -0.39 is 15.7 Å². The quantitative estimate of drug-likeness (QED) is 0.908. The first-order chi connectivity index (χ1) is 9.03. The fraction of sp³-hybridized carbons (Fsp3) is 0.538. The van der Waals surface area contributed by atoms with Crippen LogP contribution in [-0.4, -0.2) is 26.9 Å². The minimum atomic E-state index is -3.22. The Balaban J connectivity index is 2.15. The predicted molar refractivity (Wildman–Crippen MR) is 70.8 cm³/mol. The van der Waals surface area contributed by atoms with Crippen LogP contribution in [-0.2, 0) is 26.9 Å². The summed E-state index contributed by atoms with van der Waals surface area (Å²) in [5, 5.41) is -0.354. The van der Waals surface area contributed by atoms with Crippen molar-refractivity contribution < 1.29 is 17.5 Å². The largest absolute Gasteiger partial charge is 0.381 e. The van der Waals surface area contributed by atoms with Crippen LogP contribution in [0, 0.1) is 5.82 Å². The third-order valence-electron chi connectivity index (χ3n) is 3.37. The van der Waals surface area contributed by atoms with Crippen LogP contribution >= 0.6 is 0 Å². The molecule has 19 heavy (non-hydrogen) atoms. The van der Waals surface area contributed by atoms with Crippen molar-refractivity contribution in [3.8, 4) is 0 Å². The van der Waals surface area contributed by atoms with Gasteiger partial charge in [0.05, 0.1) is 11.0 Å². The van der Waals surface area contributed by atoms with E-state index in [0.717, 1.165) is 0 Å². The number of ether oxygens (including phenoxy) is 1. The molecule has 6 heteroatoms. The molecule has 0 spiro atoms. The summed E-state index contributed by atoms with van der Waals surface area (Å²) in [5.41, 5.74) is 6.36. The van der Waals surface area contributed by atoms with Gasteiger partial charge in [0, 0.05) is 25.3 Å². The molecule has 0 aromatic heterocycles. The van der Waals surface area contributed by atoms with Gasteiger partial charge >= 0.3 is 0 Å². The molecule has 1 aliphatic heterocycles. The standard InChI is InChI=1S/C13H18FNO3S/c14-13-2-1-10(7-11(13)8-15)9-19(16,17)12-3-5-18-6-4-12/h1-2,7,12H,3-6,8-9,15H2. The molecule has 0 aliphatic carbocycles. The lowest BCUT2D eigenvalue weighted by Crippen LogP contribution is -2.29. The van der Waals surface area contributed by atoms with E-state index in [2.05, 4.69) is 0 Å². The van der Waals surface area contributed by atoms with Gasteiger partial charge in [0.25, 0.3) is 0 Å². The third kappa shape index (κ3) is 3.52. The molecule has 0 bridgehead atoms. The van der Waals surface area contributed by atoms with E-state index in [-0.39, 0.29) is 17.5 Å². The van der Waals surface area contributed by atoms with Crippen molar-refractivity contribution in [3.63, 3.8) is 0 Å². The average Bonchev–Trinajstić information content (AvgIpc) is 2.42. The second-order valence-corrected chi connectivity index (χ2v) is 7.03. The van der Waals surface area contributed by atoms with Crippen LogP contribution in [0.5, 0.6) is 0 Å². The minimum Gasteiger partial charge on any atom is -0.381 e. The molecule has 4 nitrogen and oxygen atoms in total. The van der Waals surface area contributed by atoms with Gasteiger partial charge in [-0.3, -0.25) is 0 Å². The lowest BCUT2D eigenvalue weighted by molar-refractivity contribution is 0.0983. The van der Waals surface area contributed by atoms with E-state index >= 15 is 0 Å². The maximum absolute atomic E-state index is 13.3. The van der Waals surface area contributed by atoms with Gasteiger partial charge in [0.15, 0.2) is 9.84 Å². The van der Waals surface area contributed by atoms with E-state index in [1.165, 1.54) is 18.2 Å². The van der Waals surface area contributed by atoms with Gasteiger partial charge < -0.3 is 10.5 Å². The molecule has 106 valence electrons. The van der Waals surface area contributed by atoms with Crippen LogP contribution in [0.4, 0.5) is 4.39 Å². The van der Waals surface area contributed by atoms with Crippen LogP contribution in [0.25, 0.3) is 0 Å². The molecular formula is C13H18FNO3S.